The molecule has 0 aromatic rings. The van der Waals surface area contributed by atoms with Crippen molar-refractivity contribution in [1.82, 2.24) is 0 Å². The zero-order valence-electron chi connectivity index (χ0n) is 43.7. The van der Waals surface area contributed by atoms with Crippen molar-refractivity contribution in [2.75, 3.05) is 19.8 Å². The number of esters is 2. The van der Waals surface area contributed by atoms with Gasteiger partial charge in [0, 0.05) is 19.4 Å². The van der Waals surface area contributed by atoms with Crippen LogP contribution in [0.2, 0.25) is 0 Å². The molecule has 0 saturated carbocycles. The van der Waals surface area contributed by atoms with Gasteiger partial charge in [0.05, 0.1) is 6.61 Å². The topological polar surface area (TPSA) is 61.8 Å². The van der Waals surface area contributed by atoms with Crippen LogP contribution in [-0.4, -0.2) is 37.9 Å². The van der Waals surface area contributed by atoms with E-state index in [0.29, 0.717) is 19.4 Å². The number of unbranched alkanes of at least 4 members (excludes halogenated alkanes) is 26. The van der Waals surface area contributed by atoms with Crippen molar-refractivity contribution < 1.29 is 23.8 Å². The second-order valence-electron chi connectivity index (χ2n) is 18.5. The Labute approximate surface area is 409 Å². The van der Waals surface area contributed by atoms with E-state index in [1.807, 2.05) is 0 Å². The molecule has 0 aliphatic rings. The number of carbonyl (C=O) groups excluding carboxylic acids is 2. The van der Waals surface area contributed by atoms with E-state index in [0.717, 1.165) is 103 Å². The molecule has 0 aliphatic heterocycles. The fourth-order valence-corrected chi connectivity index (χ4v) is 7.74. The molecule has 0 amide bonds. The Morgan fingerprint density at radius 1 is 0.348 bits per heavy atom. The number of rotatable bonds is 51. The summed E-state index contributed by atoms with van der Waals surface area (Å²) < 4.78 is 17.4. The fourth-order valence-electron chi connectivity index (χ4n) is 7.74. The van der Waals surface area contributed by atoms with Crippen LogP contribution in [0.1, 0.15) is 265 Å². The summed E-state index contributed by atoms with van der Waals surface area (Å²) in [5.41, 5.74) is 0. The van der Waals surface area contributed by atoms with Gasteiger partial charge in [-0.3, -0.25) is 9.59 Å². The average molecular weight is 920 g/mol. The maximum atomic E-state index is 12.8. The van der Waals surface area contributed by atoms with Crippen LogP contribution in [-0.2, 0) is 23.8 Å². The Morgan fingerprint density at radius 2 is 0.682 bits per heavy atom. The monoisotopic (exact) mass is 919 g/mol. The molecular formula is C61H106O5. The zero-order valence-corrected chi connectivity index (χ0v) is 43.7. The van der Waals surface area contributed by atoms with Crippen LogP contribution in [0, 0.1) is 0 Å². The molecule has 0 heterocycles. The van der Waals surface area contributed by atoms with Crippen molar-refractivity contribution in [2.45, 2.75) is 271 Å². The van der Waals surface area contributed by atoms with E-state index >= 15 is 0 Å². The zero-order chi connectivity index (χ0) is 47.7. The standard InChI is InChI=1S/C61H106O5/c1-4-7-10-13-16-19-22-25-28-30-31-32-34-37-40-43-46-49-52-55-61(63)66-59(57-64-56-53-50-47-44-41-38-35-29-26-23-20-17-14-11-8-5-2)58-65-60(62)54-51-48-45-42-39-36-33-27-24-21-18-15-12-9-6-3/h9,12,16,18-19,21,25,27-28,31-33,37,40,59H,4-8,10-11,13-15,17,20,22-24,26,29-30,34-36,38-39,41-58H2,1-3H3/b12-9-,19-16-,21-18-,28-25-,32-31-,33-27-,40-37-/t59-/m1/s1. The summed E-state index contributed by atoms with van der Waals surface area (Å²) in [6.45, 7) is 7.66. The van der Waals surface area contributed by atoms with Gasteiger partial charge in [0.15, 0.2) is 6.10 Å². The summed E-state index contributed by atoms with van der Waals surface area (Å²) in [6.07, 6.45) is 74.5. The quantitative estimate of drug-likeness (QED) is 0.0346. The first kappa shape index (κ1) is 63.1. The lowest BCUT2D eigenvalue weighted by Crippen LogP contribution is -2.30. The highest BCUT2D eigenvalue weighted by Gasteiger charge is 2.17. The number of ether oxygens (including phenoxy) is 3. The molecule has 5 nitrogen and oxygen atoms in total. The van der Waals surface area contributed by atoms with E-state index in [-0.39, 0.29) is 25.2 Å². The van der Waals surface area contributed by atoms with Gasteiger partial charge >= 0.3 is 11.9 Å². The van der Waals surface area contributed by atoms with Crippen molar-refractivity contribution in [3.05, 3.63) is 85.1 Å². The molecule has 0 rings (SSSR count). The van der Waals surface area contributed by atoms with E-state index in [1.54, 1.807) is 0 Å². The summed E-state index contributed by atoms with van der Waals surface area (Å²) in [7, 11) is 0. The Kier molecular flexibility index (Phi) is 53.9. The highest BCUT2D eigenvalue weighted by atomic mass is 16.6. The van der Waals surface area contributed by atoms with Crippen LogP contribution in [0.3, 0.4) is 0 Å². The first-order valence-corrected chi connectivity index (χ1v) is 28.1. The Balaban J connectivity index is 4.36. The summed E-state index contributed by atoms with van der Waals surface area (Å²) in [4.78, 5) is 25.5. The second kappa shape index (κ2) is 56.4. The largest absolute Gasteiger partial charge is 0.462 e. The fraction of sp³-hybridized carbons (Fsp3) is 0.738. The highest BCUT2D eigenvalue weighted by Crippen LogP contribution is 2.15. The summed E-state index contributed by atoms with van der Waals surface area (Å²) in [6, 6.07) is 0. The molecule has 0 unspecified atom stereocenters. The first-order chi connectivity index (χ1) is 32.6. The van der Waals surface area contributed by atoms with Crippen LogP contribution in [0.5, 0.6) is 0 Å². The molecule has 0 N–H and O–H groups in total. The molecule has 0 aromatic heterocycles. The third-order valence-corrected chi connectivity index (χ3v) is 11.9. The van der Waals surface area contributed by atoms with Gasteiger partial charge in [0.2, 0.25) is 0 Å². The van der Waals surface area contributed by atoms with Gasteiger partial charge in [0.1, 0.15) is 6.61 Å². The number of hydrogen-bond acceptors (Lipinski definition) is 5. The van der Waals surface area contributed by atoms with E-state index in [1.165, 1.54) is 128 Å². The maximum Gasteiger partial charge on any atom is 0.306 e. The van der Waals surface area contributed by atoms with Crippen LogP contribution < -0.4 is 0 Å². The SMILES string of the molecule is CC/C=C\C/C=C\C/C=C\CCCCCCCC(=O)OC[C@@H](COCCCCCCCCCCCCCCCCCC)OC(=O)CCCCC/C=C\C/C=C\C/C=C\C/C=C\CCCCC. The van der Waals surface area contributed by atoms with Crippen LogP contribution in [0.15, 0.2) is 85.1 Å². The lowest BCUT2D eigenvalue weighted by atomic mass is 10.0. The first-order valence-electron chi connectivity index (χ1n) is 28.1. The molecule has 0 radical (unpaired) electrons. The predicted molar refractivity (Wildman–Crippen MR) is 288 cm³/mol. The second-order valence-corrected chi connectivity index (χ2v) is 18.5. The molecule has 1 atom stereocenters. The summed E-state index contributed by atoms with van der Waals surface area (Å²) in [5, 5.41) is 0. The Morgan fingerprint density at radius 3 is 1.14 bits per heavy atom. The summed E-state index contributed by atoms with van der Waals surface area (Å²) >= 11 is 0. The molecule has 0 aromatic carbocycles. The van der Waals surface area contributed by atoms with Crippen molar-refractivity contribution in [2.24, 2.45) is 0 Å². The van der Waals surface area contributed by atoms with Gasteiger partial charge < -0.3 is 14.2 Å². The maximum absolute atomic E-state index is 12.8. The molecule has 66 heavy (non-hydrogen) atoms. The number of carbonyl (C=O) groups is 2. The average Bonchev–Trinajstić information content (AvgIpc) is 3.32. The predicted octanol–water partition coefficient (Wildman–Crippen LogP) is 19.2. The normalized spacial score (nSPS) is 12.8. The van der Waals surface area contributed by atoms with Gasteiger partial charge in [-0.15, -0.1) is 0 Å². The van der Waals surface area contributed by atoms with Gasteiger partial charge in [0.25, 0.3) is 0 Å². The van der Waals surface area contributed by atoms with Crippen molar-refractivity contribution in [3.63, 3.8) is 0 Å². The molecule has 0 spiro atoms. The van der Waals surface area contributed by atoms with Crippen LogP contribution >= 0.6 is 0 Å². The van der Waals surface area contributed by atoms with Crippen molar-refractivity contribution in [1.29, 1.82) is 0 Å². The highest BCUT2D eigenvalue weighted by molar-refractivity contribution is 5.70. The molecule has 0 saturated heterocycles. The van der Waals surface area contributed by atoms with E-state index < -0.39 is 6.10 Å². The van der Waals surface area contributed by atoms with E-state index in [9.17, 15) is 9.59 Å². The molecule has 5 heteroatoms. The minimum Gasteiger partial charge on any atom is -0.462 e. The van der Waals surface area contributed by atoms with Crippen molar-refractivity contribution >= 4 is 11.9 Å². The minimum atomic E-state index is -0.562. The number of hydrogen-bond donors (Lipinski definition) is 0. The number of allylic oxidation sites excluding steroid dienone is 14. The lowest BCUT2D eigenvalue weighted by Gasteiger charge is -2.18. The molecule has 0 aliphatic carbocycles. The van der Waals surface area contributed by atoms with Gasteiger partial charge in [-0.1, -0.05) is 241 Å². The Hall–Kier alpha value is -2.92. The van der Waals surface area contributed by atoms with Gasteiger partial charge in [-0.2, -0.15) is 0 Å². The lowest BCUT2D eigenvalue weighted by molar-refractivity contribution is -0.163. The van der Waals surface area contributed by atoms with E-state index in [2.05, 4.69) is 106 Å². The van der Waals surface area contributed by atoms with Crippen molar-refractivity contribution in [3.8, 4) is 0 Å². The third-order valence-electron chi connectivity index (χ3n) is 11.9. The molecule has 0 fully saturated rings. The van der Waals surface area contributed by atoms with Crippen LogP contribution in [0.25, 0.3) is 0 Å². The van der Waals surface area contributed by atoms with Crippen LogP contribution in [0.4, 0.5) is 0 Å². The molecular weight excluding hydrogens is 813 g/mol. The molecule has 0 bridgehead atoms. The van der Waals surface area contributed by atoms with E-state index in [4.69, 9.17) is 14.2 Å². The Bertz CT molecular complexity index is 1220. The van der Waals surface area contributed by atoms with Gasteiger partial charge in [-0.05, 0) is 96.3 Å². The molecule has 380 valence electrons. The smallest absolute Gasteiger partial charge is 0.306 e. The third kappa shape index (κ3) is 53.7. The minimum absolute atomic E-state index is 0.0621. The summed E-state index contributed by atoms with van der Waals surface area (Å²) in [5.74, 6) is -0.446. The van der Waals surface area contributed by atoms with Gasteiger partial charge in [-0.25, -0.2) is 0 Å².